The fourth-order valence-electron chi connectivity index (χ4n) is 3.04. The number of nitrogens with zero attached hydrogens (tertiary/aromatic N) is 2. The van der Waals surface area contributed by atoms with Crippen LogP contribution >= 0.6 is 0 Å². The van der Waals surface area contributed by atoms with Gasteiger partial charge >= 0.3 is 0 Å². The van der Waals surface area contributed by atoms with Crippen LogP contribution in [0.15, 0.2) is 24.3 Å². The summed E-state index contributed by atoms with van der Waals surface area (Å²) < 4.78 is 7.19. The van der Waals surface area contributed by atoms with E-state index in [1.54, 1.807) is 7.11 Å². The molecule has 1 aliphatic carbocycles. The normalized spacial score (nSPS) is 14.4. The molecule has 4 nitrogen and oxygen atoms in total. The maximum atomic E-state index is 5.14. The lowest BCUT2D eigenvalue weighted by Crippen LogP contribution is -2.14. The summed E-state index contributed by atoms with van der Waals surface area (Å²) in [6, 6.07) is 9.08. The minimum absolute atomic E-state index is 0.697. The molecule has 1 fully saturated rings. The Morgan fingerprint density at radius 1 is 1.17 bits per heavy atom. The van der Waals surface area contributed by atoms with E-state index in [4.69, 9.17) is 4.74 Å². The zero-order valence-electron chi connectivity index (χ0n) is 14.4. The van der Waals surface area contributed by atoms with Crippen molar-refractivity contribution in [3.63, 3.8) is 0 Å². The summed E-state index contributed by atoms with van der Waals surface area (Å²) in [4.78, 5) is 0. The van der Waals surface area contributed by atoms with Gasteiger partial charge in [-0.25, -0.2) is 0 Å². The Hall–Kier alpha value is -1.65. The fraction of sp³-hybridized carbons (Fsp3) is 0.526. The quantitative estimate of drug-likeness (QED) is 0.812. The van der Waals surface area contributed by atoms with Crippen molar-refractivity contribution in [2.24, 2.45) is 0 Å². The third kappa shape index (κ3) is 4.01. The maximum Gasteiger partial charge on any atom is 0.0658 e. The van der Waals surface area contributed by atoms with Crippen molar-refractivity contribution in [2.75, 3.05) is 13.7 Å². The van der Waals surface area contributed by atoms with Crippen molar-refractivity contribution in [1.29, 1.82) is 0 Å². The third-order valence-corrected chi connectivity index (χ3v) is 4.70. The highest BCUT2D eigenvalue weighted by molar-refractivity contribution is 5.28. The molecule has 0 amide bonds. The number of hydrogen-bond acceptors (Lipinski definition) is 3. The second kappa shape index (κ2) is 7.28. The van der Waals surface area contributed by atoms with Crippen molar-refractivity contribution in [1.82, 2.24) is 15.1 Å². The van der Waals surface area contributed by atoms with E-state index in [2.05, 4.69) is 48.5 Å². The number of ether oxygens (including phenoxy) is 1. The van der Waals surface area contributed by atoms with E-state index >= 15 is 0 Å². The monoisotopic (exact) mass is 313 g/mol. The predicted molar refractivity (Wildman–Crippen MR) is 92.5 cm³/mol. The number of hydrogen-bond donors (Lipinski definition) is 1. The molecule has 0 saturated heterocycles. The molecule has 1 aliphatic rings. The molecule has 124 valence electrons. The van der Waals surface area contributed by atoms with Crippen LogP contribution in [0.4, 0.5) is 0 Å². The number of rotatable bonds is 8. The Kier molecular flexibility index (Phi) is 5.13. The first-order valence-electron chi connectivity index (χ1n) is 8.50. The summed E-state index contributed by atoms with van der Waals surface area (Å²) in [6.45, 7) is 7.48. The molecule has 1 N–H and O–H groups in total. The van der Waals surface area contributed by atoms with Gasteiger partial charge in [0.05, 0.1) is 18.8 Å². The lowest BCUT2D eigenvalue weighted by atomic mass is 10.1. The van der Waals surface area contributed by atoms with Crippen LogP contribution in [0.3, 0.4) is 0 Å². The molecule has 1 heterocycles. The van der Waals surface area contributed by atoms with E-state index in [1.165, 1.54) is 35.2 Å². The van der Waals surface area contributed by atoms with E-state index in [1.807, 2.05) is 4.68 Å². The Balaban J connectivity index is 1.54. The van der Waals surface area contributed by atoms with Crippen molar-refractivity contribution in [3.8, 4) is 0 Å². The second-order valence-electron chi connectivity index (χ2n) is 6.48. The fourth-order valence-corrected chi connectivity index (χ4v) is 3.04. The van der Waals surface area contributed by atoms with Gasteiger partial charge < -0.3 is 10.1 Å². The number of aryl methyl sites for hydroxylation is 1. The van der Waals surface area contributed by atoms with Crippen molar-refractivity contribution in [2.45, 2.75) is 52.2 Å². The van der Waals surface area contributed by atoms with Gasteiger partial charge in [-0.3, -0.25) is 4.68 Å². The lowest BCUT2D eigenvalue weighted by molar-refractivity contribution is 0.182. The predicted octanol–water partition coefficient (Wildman–Crippen LogP) is 3.31. The van der Waals surface area contributed by atoms with Gasteiger partial charge in [0.15, 0.2) is 0 Å². The van der Waals surface area contributed by atoms with E-state index in [0.717, 1.165) is 31.2 Å². The van der Waals surface area contributed by atoms with Crippen molar-refractivity contribution in [3.05, 3.63) is 52.3 Å². The molecular formula is C19H27N3O. The van der Waals surface area contributed by atoms with Crippen LogP contribution in [0.5, 0.6) is 0 Å². The first kappa shape index (κ1) is 16.2. The van der Waals surface area contributed by atoms with Gasteiger partial charge in [-0.1, -0.05) is 24.3 Å². The summed E-state index contributed by atoms with van der Waals surface area (Å²) in [6.07, 6.45) is 2.73. The first-order valence-corrected chi connectivity index (χ1v) is 8.50. The minimum atomic E-state index is 0.697. The van der Waals surface area contributed by atoms with Crippen molar-refractivity contribution < 1.29 is 4.74 Å². The highest BCUT2D eigenvalue weighted by Crippen LogP contribution is 2.39. The summed E-state index contributed by atoms with van der Waals surface area (Å²) in [5, 5.41) is 8.16. The molecule has 0 radical (unpaired) electrons. The van der Waals surface area contributed by atoms with Crippen LogP contribution in [0.25, 0.3) is 0 Å². The summed E-state index contributed by atoms with van der Waals surface area (Å²) >= 11 is 0. The topological polar surface area (TPSA) is 39.1 Å². The van der Waals surface area contributed by atoms with Crippen LogP contribution in [-0.2, 0) is 24.4 Å². The Bertz CT molecular complexity index is 641. The maximum absolute atomic E-state index is 5.14. The van der Waals surface area contributed by atoms with Gasteiger partial charge in [0.2, 0.25) is 0 Å². The molecule has 3 rings (SSSR count). The molecule has 0 spiro atoms. The molecule has 0 aliphatic heterocycles. The molecule has 0 bridgehead atoms. The summed E-state index contributed by atoms with van der Waals surface area (Å²) in [7, 11) is 1.72. The molecule has 4 heteroatoms. The number of nitrogens with one attached hydrogen (secondary N) is 1. The largest absolute Gasteiger partial charge is 0.383 e. The van der Waals surface area contributed by atoms with E-state index in [9.17, 15) is 0 Å². The van der Waals surface area contributed by atoms with Gasteiger partial charge in [0, 0.05) is 31.5 Å². The van der Waals surface area contributed by atoms with Crippen LogP contribution < -0.4 is 5.32 Å². The van der Waals surface area contributed by atoms with Gasteiger partial charge in [-0.15, -0.1) is 0 Å². The number of methoxy groups -OCH3 is 1. The van der Waals surface area contributed by atoms with E-state index < -0.39 is 0 Å². The SMILES string of the molecule is COCCn1nc(C)c(CNCc2ccc(C3CC3)cc2)c1C. The van der Waals surface area contributed by atoms with Crippen LogP contribution in [0.2, 0.25) is 0 Å². The Morgan fingerprint density at radius 3 is 2.57 bits per heavy atom. The molecule has 1 aromatic heterocycles. The zero-order valence-corrected chi connectivity index (χ0v) is 14.4. The molecular weight excluding hydrogens is 286 g/mol. The number of benzene rings is 1. The third-order valence-electron chi connectivity index (χ3n) is 4.70. The number of aromatic nitrogens is 2. The van der Waals surface area contributed by atoms with E-state index in [-0.39, 0.29) is 0 Å². The molecule has 1 aromatic carbocycles. The molecule has 23 heavy (non-hydrogen) atoms. The van der Waals surface area contributed by atoms with E-state index in [0.29, 0.717) is 6.61 Å². The molecule has 2 aromatic rings. The lowest BCUT2D eigenvalue weighted by Gasteiger charge is -2.07. The van der Waals surface area contributed by atoms with Gasteiger partial charge in [-0.2, -0.15) is 5.10 Å². The van der Waals surface area contributed by atoms with Crippen LogP contribution in [-0.4, -0.2) is 23.5 Å². The zero-order chi connectivity index (χ0) is 16.2. The molecule has 0 atom stereocenters. The average Bonchev–Trinajstić information content (AvgIpc) is 3.36. The summed E-state index contributed by atoms with van der Waals surface area (Å²) in [5.41, 5.74) is 6.48. The van der Waals surface area contributed by atoms with Crippen molar-refractivity contribution >= 4 is 0 Å². The smallest absolute Gasteiger partial charge is 0.0658 e. The average molecular weight is 313 g/mol. The highest BCUT2D eigenvalue weighted by Gasteiger charge is 2.22. The standard InChI is InChI=1S/C19H27N3O/c1-14-19(15(2)22(21-14)10-11-23-3)13-20-12-16-4-6-17(7-5-16)18-8-9-18/h4-7,18,20H,8-13H2,1-3H3. The van der Waals surface area contributed by atoms with Gasteiger partial charge in [0.25, 0.3) is 0 Å². The molecule has 0 unspecified atom stereocenters. The highest BCUT2D eigenvalue weighted by atomic mass is 16.5. The first-order chi connectivity index (χ1) is 11.2. The van der Waals surface area contributed by atoms with Gasteiger partial charge in [0.1, 0.15) is 0 Å². The summed E-state index contributed by atoms with van der Waals surface area (Å²) in [5.74, 6) is 0.834. The Morgan fingerprint density at radius 2 is 1.91 bits per heavy atom. The second-order valence-corrected chi connectivity index (χ2v) is 6.48. The van der Waals surface area contributed by atoms with Gasteiger partial charge in [-0.05, 0) is 43.7 Å². The van der Waals surface area contributed by atoms with Crippen LogP contribution in [0.1, 0.15) is 46.8 Å². The minimum Gasteiger partial charge on any atom is -0.383 e. The van der Waals surface area contributed by atoms with Crippen LogP contribution in [0, 0.1) is 13.8 Å². The Labute approximate surface area is 138 Å². The molecule has 1 saturated carbocycles.